The van der Waals surface area contributed by atoms with Gasteiger partial charge in [0, 0.05) is 14.1 Å². The standard InChI is InChI=1S/C14H17N3O/c1-11(12-7-5-4-6-8-12)17-10-15-9-13(17)14(18)16(2)3/h4-11H,1-3H3/t11-/m1/s1. The average molecular weight is 243 g/mol. The summed E-state index contributed by atoms with van der Waals surface area (Å²) in [5, 5.41) is 0. The average Bonchev–Trinajstić information content (AvgIpc) is 2.87. The Morgan fingerprint density at radius 3 is 2.56 bits per heavy atom. The molecular weight excluding hydrogens is 226 g/mol. The van der Waals surface area contributed by atoms with E-state index in [0.29, 0.717) is 5.69 Å². The van der Waals surface area contributed by atoms with Gasteiger partial charge in [0.25, 0.3) is 5.91 Å². The van der Waals surface area contributed by atoms with E-state index in [0.717, 1.165) is 5.56 Å². The topological polar surface area (TPSA) is 38.1 Å². The Balaban J connectivity index is 2.35. The van der Waals surface area contributed by atoms with Gasteiger partial charge >= 0.3 is 0 Å². The maximum Gasteiger partial charge on any atom is 0.271 e. The second kappa shape index (κ2) is 5.04. The molecule has 0 bridgehead atoms. The normalized spacial score (nSPS) is 12.2. The molecule has 0 N–H and O–H groups in total. The smallest absolute Gasteiger partial charge is 0.271 e. The molecule has 0 saturated carbocycles. The Hall–Kier alpha value is -2.10. The first kappa shape index (κ1) is 12.4. The summed E-state index contributed by atoms with van der Waals surface area (Å²) in [5.74, 6) is -0.0321. The van der Waals surface area contributed by atoms with E-state index in [-0.39, 0.29) is 11.9 Å². The summed E-state index contributed by atoms with van der Waals surface area (Å²) in [6.45, 7) is 2.06. The second-order valence-corrected chi connectivity index (χ2v) is 4.47. The van der Waals surface area contributed by atoms with Gasteiger partial charge in [0.2, 0.25) is 0 Å². The van der Waals surface area contributed by atoms with Gasteiger partial charge in [-0.1, -0.05) is 30.3 Å². The number of hydrogen-bond acceptors (Lipinski definition) is 2. The molecular formula is C14H17N3O. The fourth-order valence-corrected chi connectivity index (χ4v) is 1.90. The Labute approximate surface area is 107 Å². The molecule has 0 aliphatic carbocycles. The molecule has 4 heteroatoms. The molecule has 1 aromatic heterocycles. The molecule has 0 spiro atoms. The summed E-state index contributed by atoms with van der Waals surface area (Å²) in [4.78, 5) is 17.7. The van der Waals surface area contributed by atoms with E-state index in [9.17, 15) is 4.79 Å². The lowest BCUT2D eigenvalue weighted by atomic mass is 10.1. The van der Waals surface area contributed by atoms with Crippen LogP contribution in [0.25, 0.3) is 0 Å². The minimum Gasteiger partial charge on any atom is -0.343 e. The van der Waals surface area contributed by atoms with Crippen LogP contribution >= 0.6 is 0 Å². The van der Waals surface area contributed by atoms with Gasteiger partial charge in [0.15, 0.2) is 0 Å². The predicted octanol–water partition coefficient (Wildman–Crippen LogP) is 2.19. The van der Waals surface area contributed by atoms with Crippen LogP contribution in [-0.2, 0) is 0 Å². The maximum absolute atomic E-state index is 12.0. The van der Waals surface area contributed by atoms with Gasteiger partial charge in [-0.25, -0.2) is 4.98 Å². The van der Waals surface area contributed by atoms with Crippen LogP contribution in [0, 0.1) is 0 Å². The van der Waals surface area contributed by atoms with E-state index in [2.05, 4.69) is 24.0 Å². The SMILES string of the molecule is C[C@H](c1ccccc1)n1cncc1C(=O)N(C)C. The minimum atomic E-state index is -0.0321. The van der Waals surface area contributed by atoms with Crippen LogP contribution in [0.4, 0.5) is 0 Å². The third-order valence-corrected chi connectivity index (χ3v) is 2.99. The number of carbonyl (C=O) groups excluding carboxylic acids is 1. The first-order valence-electron chi connectivity index (χ1n) is 5.89. The van der Waals surface area contributed by atoms with Gasteiger partial charge in [-0.3, -0.25) is 4.79 Å². The Morgan fingerprint density at radius 1 is 1.28 bits per heavy atom. The number of rotatable bonds is 3. The highest BCUT2D eigenvalue weighted by molar-refractivity contribution is 5.92. The number of benzene rings is 1. The van der Waals surface area contributed by atoms with Gasteiger partial charge in [-0.15, -0.1) is 0 Å². The number of carbonyl (C=O) groups is 1. The Bertz CT molecular complexity index is 531. The number of hydrogen-bond donors (Lipinski definition) is 0. The van der Waals surface area contributed by atoms with Gasteiger partial charge in [0.1, 0.15) is 5.69 Å². The largest absolute Gasteiger partial charge is 0.343 e. The van der Waals surface area contributed by atoms with Crippen molar-refractivity contribution in [3.63, 3.8) is 0 Å². The van der Waals surface area contributed by atoms with E-state index in [1.165, 1.54) is 0 Å². The lowest BCUT2D eigenvalue weighted by molar-refractivity contribution is 0.0816. The Morgan fingerprint density at radius 2 is 1.94 bits per heavy atom. The van der Waals surface area contributed by atoms with E-state index >= 15 is 0 Å². The number of nitrogens with zero attached hydrogens (tertiary/aromatic N) is 3. The number of imidazole rings is 1. The molecule has 0 aliphatic rings. The van der Waals surface area contributed by atoms with E-state index in [1.807, 2.05) is 22.8 Å². The molecule has 2 rings (SSSR count). The van der Waals surface area contributed by atoms with Crippen LogP contribution in [0.3, 0.4) is 0 Å². The highest BCUT2D eigenvalue weighted by Gasteiger charge is 2.17. The molecule has 1 aromatic carbocycles. The molecule has 0 fully saturated rings. The summed E-state index contributed by atoms with van der Waals surface area (Å²) in [6, 6.07) is 10.2. The van der Waals surface area contributed by atoms with Crippen molar-refractivity contribution >= 4 is 5.91 Å². The minimum absolute atomic E-state index is 0.0321. The van der Waals surface area contributed by atoms with Crippen molar-refractivity contribution in [3.05, 3.63) is 54.1 Å². The zero-order chi connectivity index (χ0) is 13.1. The highest BCUT2D eigenvalue weighted by Crippen LogP contribution is 2.19. The number of amides is 1. The van der Waals surface area contributed by atoms with Crippen molar-refractivity contribution in [1.82, 2.24) is 14.5 Å². The van der Waals surface area contributed by atoms with Crippen molar-refractivity contribution < 1.29 is 4.79 Å². The van der Waals surface area contributed by atoms with Crippen LogP contribution in [0.15, 0.2) is 42.9 Å². The molecule has 94 valence electrons. The Kier molecular flexibility index (Phi) is 3.46. The van der Waals surface area contributed by atoms with Crippen molar-refractivity contribution in [2.75, 3.05) is 14.1 Å². The highest BCUT2D eigenvalue weighted by atomic mass is 16.2. The fraction of sp³-hybridized carbons (Fsp3) is 0.286. The zero-order valence-electron chi connectivity index (χ0n) is 10.9. The third-order valence-electron chi connectivity index (χ3n) is 2.99. The molecule has 0 unspecified atom stereocenters. The van der Waals surface area contributed by atoms with Crippen LogP contribution in [0.5, 0.6) is 0 Å². The van der Waals surface area contributed by atoms with Crippen molar-refractivity contribution in [2.24, 2.45) is 0 Å². The van der Waals surface area contributed by atoms with E-state index < -0.39 is 0 Å². The van der Waals surface area contributed by atoms with Crippen molar-refractivity contribution in [3.8, 4) is 0 Å². The summed E-state index contributed by atoms with van der Waals surface area (Å²) in [7, 11) is 3.49. The summed E-state index contributed by atoms with van der Waals surface area (Å²) >= 11 is 0. The number of aromatic nitrogens is 2. The molecule has 1 atom stereocenters. The van der Waals surface area contributed by atoms with Gasteiger partial charge in [-0.2, -0.15) is 0 Å². The molecule has 0 radical (unpaired) electrons. The summed E-state index contributed by atoms with van der Waals surface area (Å²) in [5.41, 5.74) is 1.76. The summed E-state index contributed by atoms with van der Waals surface area (Å²) < 4.78 is 1.90. The van der Waals surface area contributed by atoms with Crippen molar-refractivity contribution in [2.45, 2.75) is 13.0 Å². The molecule has 1 heterocycles. The molecule has 0 saturated heterocycles. The predicted molar refractivity (Wildman–Crippen MR) is 70.5 cm³/mol. The first-order valence-corrected chi connectivity index (χ1v) is 5.89. The van der Waals surface area contributed by atoms with E-state index in [1.54, 1.807) is 31.5 Å². The van der Waals surface area contributed by atoms with Gasteiger partial charge in [0.05, 0.1) is 18.6 Å². The lowest BCUT2D eigenvalue weighted by Crippen LogP contribution is -2.25. The van der Waals surface area contributed by atoms with Crippen LogP contribution < -0.4 is 0 Å². The van der Waals surface area contributed by atoms with Crippen LogP contribution in [0.1, 0.15) is 29.0 Å². The van der Waals surface area contributed by atoms with Crippen LogP contribution in [-0.4, -0.2) is 34.5 Å². The van der Waals surface area contributed by atoms with E-state index in [4.69, 9.17) is 0 Å². The molecule has 0 aliphatic heterocycles. The van der Waals surface area contributed by atoms with Crippen molar-refractivity contribution in [1.29, 1.82) is 0 Å². The third kappa shape index (κ3) is 2.27. The molecule has 18 heavy (non-hydrogen) atoms. The molecule has 1 amide bonds. The fourth-order valence-electron chi connectivity index (χ4n) is 1.90. The maximum atomic E-state index is 12.0. The molecule has 2 aromatic rings. The first-order chi connectivity index (χ1) is 8.61. The summed E-state index contributed by atoms with van der Waals surface area (Å²) in [6.07, 6.45) is 3.32. The van der Waals surface area contributed by atoms with Crippen LogP contribution in [0.2, 0.25) is 0 Å². The molecule has 4 nitrogen and oxygen atoms in total. The van der Waals surface area contributed by atoms with Gasteiger partial charge in [-0.05, 0) is 12.5 Å². The zero-order valence-corrected chi connectivity index (χ0v) is 10.9. The monoisotopic (exact) mass is 243 g/mol. The lowest BCUT2D eigenvalue weighted by Gasteiger charge is -2.18. The second-order valence-electron chi connectivity index (χ2n) is 4.47. The quantitative estimate of drug-likeness (QED) is 0.828. The van der Waals surface area contributed by atoms with Gasteiger partial charge < -0.3 is 9.47 Å².